The third-order valence-corrected chi connectivity index (χ3v) is 6.94. The maximum Gasteiger partial charge on any atom is 0.142 e. The Morgan fingerprint density at radius 2 is 1.93 bits per heavy atom. The lowest BCUT2D eigenvalue weighted by Gasteiger charge is -2.40. The van der Waals surface area contributed by atoms with Crippen molar-refractivity contribution in [2.45, 2.75) is 25.3 Å². The van der Waals surface area contributed by atoms with E-state index in [9.17, 15) is 0 Å². The van der Waals surface area contributed by atoms with E-state index in [0.29, 0.717) is 6.04 Å². The Morgan fingerprint density at radius 3 is 2.71 bits per heavy atom. The molecule has 2 aliphatic heterocycles. The maximum atomic E-state index is 6.00. The number of nitrogens with zero attached hydrogens (tertiary/aromatic N) is 2. The van der Waals surface area contributed by atoms with Crippen LogP contribution in [0.2, 0.25) is 0 Å². The molecule has 2 aliphatic rings. The molecule has 1 saturated heterocycles. The van der Waals surface area contributed by atoms with Gasteiger partial charge in [-0.3, -0.25) is 0 Å². The number of methoxy groups -OCH3 is 1. The molecular weight excluding hydrogens is 416 g/mol. The average molecular weight is 445 g/mol. The van der Waals surface area contributed by atoms with Crippen LogP contribution in [0.25, 0.3) is 0 Å². The van der Waals surface area contributed by atoms with Crippen molar-refractivity contribution in [3.63, 3.8) is 0 Å². The number of anilines is 1. The molecule has 2 aromatic rings. The minimum Gasteiger partial charge on any atom is -0.497 e. The molecule has 1 unspecified atom stereocenters. The molecule has 4 nitrogen and oxygen atoms in total. The number of hydrogen-bond acceptors (Lipinski definition) is 4. The van der Waals surface area contributed by atoms with E-state index in [1.807, 2.05) is 12.1 Å². The summed E-state index contributed by atoms with van der Waals surface area (Å²) in [6, 6.07) is 15.0. The molecular formula is C23H29BrN2O2. The third-order valence-electron chi connectivity index (χ3n) is 6.16. The lowest BCUT2D eigenvalue weighted by atomic mass is 9.90. The van der Waals surface area contributed by atoms with Crippen LogP contribution in [0.5, 0.6) is 11.5 Å². The predicted molar refractivity (Wildman–Crippen MR) is 118 cm³/mol. The van der Waals surface area contributed by atoms with E-state index in [2.05, 4.69) is 63.1 Å². The molecule has 5 heteroatoms. The fourth-order valence-electron chi connectivity index (χ4n) is 4.36. The summed E-state index contributed by atoms with van der Waals surface area (Å²) in [7, 11) is 3.93. The maximum absolute atomic E-state index is 6.00. The monoisotopic (exact) mass is 444 g/mol. The highest BCUT2D eigenvalue weighted by Crippen LogP contribution is 2.33. The van der Waals surface area contributed by atoms with E-state index in [1.165, 1.54) is 28.6 Å². The van der Waals surface area contributed by atoms with Gasteiger partial charge in [0.05, 0.1) is 18.8 Å². The lowest BCUT2D eigenvalue weighted by molar-refractivity contribution is 0.152. The molecule has 0 bridgehead atoms. The van der Waals surface area contributed by atoms with Crippen LogP contribution in [0, 0.1) is 5.92 Å². The standard InChI is InChI=1S/C23H29BrN2O2/c1-25-19(16-28-23-6-4-3-5-22(23)25)15-26-11-9-17(10-12-26)13-18-14-20(27-2)7-8-21(18)24/h3-8,14,17,19H,9-13,15-16H2,1-2H3. The molecule has 0 aliphatic carbocycles. The highest BCUT2D eigenvalue weighted by Gasteiger charge is 2.28. The fraction of sp³-hybridized carbons (Fsp3) is 0.478. The van der Waals surface area contributed by atoms with Gasteiger partial charge in [-0.1, -0.05) is 28.1 Å². The van der Waals surface area contributed by atoms with E-state index < -0.39 is 0 Å². The fourth-order valence-corrected chi connectivity index (χ4v) is 4.77. The van der Waals surface area contributed by atoms with Crippen LogP contribution in [0.3, 0.4) is 0 Å². The molecule has 28 heavy (non-hydrogen) atoms. The lowest BCUT2D eigenvalue weighted by Crippen LogP contribution is -2.49. The van der Waals surface area contributed by atoms with Gasteiger partial charge >= 0.3 is 0 Å². The number of likely N-dealkylation sites (N-methyl/N-ethyl adjacent to an activating group) is 1. The molecule has 2 heterocycles. The van der Waals surface area contributed by atoms with E-state index in [1.54, 1.807) is 7.11 Å². The van der Waals surface area contributed by atoms with Crippen LogP contribution < -0.4 is 14.4 Å². The number of ether oxygens (including phenoxy) is 2. The number of likely N-dealkylation sites (tertiary alicyclic amines) is 1. The molecule has 0 amide bonds. The first-order chi connectivity index (χ1) is 13.6. The van der Waals surface area contributed by atoms with Crippen molar-refractivity contribution in [2.75, 3.05) is 45.3 Å². The van der Waals surface area contributed by atoms with Crippen LogP contribution in [0.1, 0.15) is 18.4 Å². The van der Waals surface area contributed by atoms with Gasteiger partial charge in [-0.15, -0.1) is 0 Å². The Bertz CT molecular complexity index is 805. The first-order valence-corrected chi connectivity index (χ1v) is 10.9. The summed E-state index contributed by atoms with van der Waals surface area (Å²) in [4.78, 5) is 4.99. The Balaban J connectivity index is 1.30. The zero-order valence-corrected chi connectivity index (χ0v) is 18.3. The van der Waals surface area contributed by atoms with Crippen LogP contribution in [-0.4, -0.2) is 51.3 Å². The summed E-state index contributed by atoms with van der Waals surface area (Å²) in [6.07, 6.45) is 3.61. The van der Waals surface area contributed by atoms with Gasteiger partial charge in [-0.25, -0.2) is 0 Å². The third kappa shape index (κ3) is 4.31. The zero-order valence-electron chi connectivity index (χ0n) is 16.7. The summed E-state index contributed by atoms with van der Waals surface area (Å²) < 4.78 is 12.6. The quantitative estimate of drug-likeness (QED) is 0.671. The Morgan fingerprint density at radius 1 is 1.14 bits per heavy atom. The Hall–Kier alpha value is -1.72. The predicted octanol–water partition coefficient (Wildman–Crippen LogP) is 4.61. The second-order valence-electron chi connectivity index (χ2n) is 7.95. The average Bonchev–Trinajstić information content (AvgIpc) is 2.73. The van der Waals surface area contributed by atoms with E-state index >= 15 is 0 Å². The second kappa shape index (κ2) is 8.75. The molecule has 4 rings (SSSR count). The van der Waals surface area contributed by atoms with Crippen LogP contribution >= 0.6 is 15.9 Å². The summed E-state index contributed by atoms with van der Waals surface area (Å²) in [5.74, 6) is 2.68. The number of piperidine rings is 1. The van der Waals surface area contributed by atoms with Gasteiger partial charge in [0.15, 0.2) is 0 Å². The number of fused-ring (bicyclic) bond motifs is 1. The van der Waals surface area contributed by atoms with Gasteiger partial charge in [0.2, 0.25) is 0 Å². The molecule has 0 radical (unpaired) electrons. The first-order valence-electron chi connectivity index (χ1n) is 10.1. The normalized spacial score (nSPS) is 20.5. The van der Waals surface area contributed by atoms with Crippen molar-refractivity contribution in [1.82, 2.24) is 4.90 Å². The number of hydrogen-bond donors (Lipinski definition) is 0. The van der Waals surface area contributed by atoms with Gasteiger partial charge in [0.1, 0.15) is 18.1 Å². The highest BCUT2D eigenvalue weighted by molar-refractivity contribution is 9.10. The van der Waals surface area contributed by atoms with Crippen molar-refractivity contribution in [2.24, 2.45) is 5.92 Å². The molecule has 1 atom stereocenters. The van der Waals surface area contributed by atoms with E-state index in [-0.39, 0.29) is 0 Å². The number of rotatable bonds is 5. The van der Waals surface area contributed by atoms with Gasteiger partial charge < -0.3 is 19.3 Å². The van der Waals surface area contributed by atoms with Crippen LogP contribution in [0.15, 0.2) is 46.9 Å². The van der Waals surface area contributed by atoms with Crippen molar-refractivity contribution < 1.29 is 9.47 Å². The largest absolute Gasteiger partial charge is 0.497 e. The van der Waals surface area contributed by atoms with E-state index in [4.69, 9.17) is 9.47 Å². The summed E-state index contributed by atoms with van der Waals surface area (Å²) in [5, 5.41) is 0. The van der Waals surface area contributed by atoms with Gasteiger partial charge in [-0.2, -0.15) is 0 Å². The number of benzene rings is 2. The van der Waals surface area contributed by atoms with Crippen molar-refractivity contribution >= 4 is 21.6 Å². The van der Waals surface area contributed by atoms with Crippen molar-refractivity contribution in [3.05, 3.63) is 52.5 Å². The minimum atomic E-state index is 0.416. The van der Waals surface area contributed by atoms with Crippen LogP contribution in [-0.2, 0) is 6.42 Å². The van der Waals surface area contributed by atoms with Gasteiger partial charge in [0.25, 0.3) is 0 Å². The molecule has 0 N–H and O–H groups in total. The highest BCUT2D eigenvalue weighted by atomic mass is 79.9. The van der Waals surface area contributed by atoms with Crippen LogP contribution in [0.4, 0.5) is 5.69 Å². The molecule has 1 fully saturated rings. The van der Waals surface area contributed by atoms with Gasteiger partial charge in [0, 0.05) is 18.1 Å². The molecule has 150 valence electrons. The molecule has 0 saturated carbocycles. The molecule has 0 aromatic heterocycles. The SMILES string of the molecule is COc1ccc(Br)c(CC2CCN(CC3COc4ccccc4N3C)CC2)c1. The van der Waals surface area contributed by atoms with Crippen molar-refractivity contribution in [1.29, 1.82) is 0 Å². The minimum absolute atomic E-state index is 0.416. The smallest absolute Gasteiger partial charge is 0.142 e. The Labute approximate surface area is 176 Å². The van der Waals surface area contributed by atoms with E-state index in [0.717, 1.165) is 50.1 Å². The molecule has 0 spiro atoms. The second-order valence-corrected chi connectivity index (χ2v) is 8.80. The van der Waals surface area contributed by atoms with Crippen molar-refractivity contribution in [3.8, 4) is 11.5 Å². The van der Waals surface area contributed by atoms with Gasteiger partial charge in [-0.05, 0) is 74.2 Å². The summed E-state index contributed by atoms with van der Waals surface area (Å²) in [6.45, 7) is 4.17. The first kappa shape index (κ1) is 19.6. The number of halogens is 1. The molecule has 2 aromatic carbocycles. The summed E-state index contributed by atoms with van der Waals surface area (Å²) in [5.41, 5.74) is 2.56. The topological polar surface area (TPSA) is 24.9 Å². The zero-order chi connectivity index (χ0) is 19.5. The Kier molecular flexibility index (Phi) is 6.12. The number of para-hydroxylation sites is 2. The summed E-state index contributed by atoms with van der Waals surface area (Å²) >= 11 is 3.70.